The van der Waals surface area contributed by atoms with Crippen LogP contribution in [0, 0.1) is 0 Å². The molecule has 0 fully saturated rings. The van der Waals surface area contributed by atoms with Crippen molar-refractivity contribution in [3.05, 3.63) is 12.3 Å². The molecule has 0 saturated carbocycles. The van der Waals surface area contributed by atoms with E-state index in [0.29, 0.717) is 0 Å². The lowest BCUT2D eigenvalue weighted by atomic mass is 10.2. The molecule has 0 aromatic heterocycles. The molecule has 0 spiro atoms. The first-order valence-corrected chi connectivity index (χ1v) is 4.22. The fourth-order valence-corrected chi connectivity index (χ4v) is 0.744. The molecule has 1 amide bonds. The van der Waals surface area contributed by atoms with E-state index in [9.17, 15) is 4.79 Å². The fraction of sp³-hybridized carbons (Fsp3) is 0.500. The monoisotopic (exact) mass is 198 g/mol. The number of rotatable bonds is 1. The van der Waals surface area contributed by atoms with Crippen molar-refractivity contribution in [2.45, 2.75) is 26.4 Å². The Hall–Kier alpha value is -1.72. The van der Waals surface area contributed by atoms with Gasteiger partial charge in [0.1, 0.15) is 5.60 Å². The van der Waals surface area contributed by atoms with Crippen molar-refractivity contribution in [2.75, 3.05) is 0 Å². The summed E-state index contributed by atoms with van der Waals surface area (Å²) in [6.45, 7) is 5.37. The predicted molar refractivity (Wildman–Crippen MR) is 52.0 cm³/mol. The number of carbonyl (C=O) groups excluding carboxylic acids is 1. The molecule has 6 nitrogen and oxygen atoms in total. The molecule has 1 aliphatic rings. The SMILES string of the molecule is CC(C)(C)OC(=O)NN1N=CC=CN1. The van der Waals surface area contributed by atoms with Crippen LogP contribution in [-0.4, -0.2) is 23.1 Å². The van der Waals surface area contributed by atoms with Gasteiger partial charge in [-0.15, -0.1) is 10.3 Å². The predicted octanol–water partition coefficient (Wildman–Crippen LogP) is 0.746. The highest BCUT2D eigenvalue weighted by atomic mass is 16.6. The van der Waals surface area contributed by atoms with Gasteiger partial charge in [0.25, 0.3) is 0 Å². The van der Waals surface area contributed by atoms with Gasteiger partial charge < -0.3 is 4.74 Å². The van der Waals surface area contributed by atoms with Gasteiger partial charge in [0.2, 0.25) is 0 Å². The van der Waals surface area contributed by atoms with E-state index in [0.717, 1.165) is 5.23 Å². The van der Waals surface area contributed by atoms with Gasteiger partial charge in [0, 0.05) is 6.20 Å². The largest absolute Gasteiger partial charge is 0.443 e. The Morgan fingerprint density at radius 2 is 2.29 bits per heavy atom. The smallest absolute Gasteiger partial charge is 0.429 e. The molecule has 0 saturated heterocycles. The molecule has 0 bridgehead atoms. The molecule has 0 unspecified atom stereocenters. The molecule has 1 rings (SSSR count). The summed E-state index contributed by atoms with van der Waals surface area (Å²) in [7, 11) is 0. The minimum absolute atomic E-state index is 0.514. The second-order valence-electron chi connectivity index (χ2n) is 3.68. The minimum Gasteiger partial charge on any atom is -0.443 e. The summed E-state index contributed by atoms with van der Waals surface area (Å²) in [5.74, 6) is 0. The lowest BCUT2D eigenvalue weighted by Crippen LogP contribution is -2.47. The lowest BCUT2D eigenvalue weighted by molar-refractivity contribution is 0.0267. The van der Waals surface area contributed by atoms with Crippen molar-refractivity contribution in [1.29, 1.82) is 0 Å². The zero-order chi connectivity index (χ0) is 10.6. The highest BCUT2D eigenvalue weighted by Gasteiger charge is 2.17. The Labute approximate surface area is 82.5 Å². The van der Waals surface area contributed by atoms with E-state index < -0.39 is 11.7 Å². The number of hydrogen-bond donors (Lipinski definition) is 2. The van der Waals surface area contributed by atoms with Gasteiger partial charge in [-0.05, 0) is 26.8 Å². The zero-order valence-corrected chi connectivity index (χ0v) is 8.44. The Balaban J connectivity index is 2.34. The number of ether oxygens (including phenoxy) is 1. The van der Waals surface area contributed by atoms with Crippen LogP contribution in [0.4, 0.5) is 4.79 Å². The molecule has 0 aliphatic carbocycles. The number of nitrogens with zero attached hydrogens (tertiary/aromatic N) is 2. The van der Waals surface area contributed by atoms with Crippen molar-refractivity contribution in [1.82, 2.24) is 16.1 Å². The summed E-state index contributed by atoms with van der Waals surface area (Å²) < 4.78 is 5.01. The summed E-state index contributed by atoms with van der Waals surface area (Å²) in [5, 5.41) is 4.96. The first-order chi connectivity index (χ1) is 6.47. The van der Waals surface area contributed by atoms with Crippen LogP contribution in [0.3, 0.4) is 0 Å². The Bertz CT molecular complexity index is 267. The van der Waals surface area contributed by atoms with Crippen molar-refractivity contribution in [3.63, 3.8) is 0 Å². The third-order valence-corrected chi connectivity index (χ3v) is 1.16. The highest BCUT2D eigenvalue weighted by Crippen LogP contribution is 2.06. The van der Waals surface area contributed by atoms with Crippen molar-refractivity contribution in [2.24, 2.45) is 5.10 Å². The maximum atomic E-state index is 11.2. The topological polar surface area (TPSA) is 66.0 Å². The van der Waals surface area contributed by atoms with E-state index in [1.54, 1.807) is 33.0 Å². The molecule has 1 aliphatic heterocycles. The first-order valence-electron chi connectivity index (χ1n) is 4.22. The number of hydrazine groups is 2. The average Bonchev–Trinajstić information content (AvgIpc) is 2.02. The van der Waals surface area contributed by atoms with Gasteiger partial charge in [0.05, 0.1) is 6.21 Å². The van der Waals surface area contributed by atoms with Crippen LogP contribution in [0.15, 0.2) is 17.4 Å². The third-order valence-electron chi connectivity index (χ3n) is 1.16. The summed E-state index contributed by atoms with van der Waals surface area (Å²) in [6.07, 6.45) is 4.31. The lowest BCUT2D eigenvalue weighted by Gasteiger charge is -2.24. The average molecular weight is 198 g/mol. The fourth-order valence-electron chi connectivity index (χ4n) is 0.744. The molecule has 0 atom stereocenters. The minimum atomic E-state index is -0.558. The first kappa shape index (κ1) is 10.4. The second kappa shape index (κ2) is 3.99. The summed E-state index contributed by atoms with van der Waals surface area (Å²) in [6, 6.07) is 0. The molecular formula is C8H14N4O2. The van der Waals surface area contributed by atoms with E-state index >= 15 is 0 Å². The number of allylic oxidation sites excluding steroid dienone is 1. The number of nitrogens with one attached hydrogen (secondary N) is 2. The third kappa shape index (κ3) is 3.79. The Morgan fingerprint density at radius 1 is 1.57 bits per heavy atom. The van der Waals surface area contributed by atoms with Crippen molar-refractivity contribution in [3.8, 4) is 0 Å². The van der Waals surface area contributed by atoms with Gasteiger partial charge in [-0.1, -0.05) is 0 Å². The van der Waals surface area contributed by atoms with E-state index in [1.165, 1.54) is 6.21 Å². The van der Waals surface area contributed by atoms with Crippen LogP contribution < -0.4 is 10.9 Å². The van der Waals surface area contributed by atoms with E-state index in [2.05, 4.69) is 16.0 Å². The van der Waals surface area contributed by atoms with E-state index in [1.807, 2.05) is 0 Å². The Kier molecular flexibility index (Phi) is 2.95. The maximum Gasteiger partial charge on any atom is 0.429 e. The quantitative estimate of drug-likeness (QED) is 0.652. The number of carbonyl (C=O) groups is 1. The molecule has 0 aromatic rings. The molecular weight excluding hydrogens is 184 g/mol. The highest BCUT2D eigenvalue weighted by molar-refractivity contribution is 5.71. The van der Waals surface area contributed by atoms with Crippen LogP contribution in [-0.2, 0) is 4.74 Å². The zero-order valence-electron chi connectivity index (χ0n) is 8.44. The number of amides is 1. The molecule has 78 valence electrons. The standard InChI is InChI=1S/C8H14N4O2/c1-8(2,3)14-7(13)11-12-9-5-4-6-10-12/h4-6,9H,1-3H3,(H,11,13). The molecule has 1 heterocycles. The second-order valence-corrected chi connectivity index (χ2v) is 3.68. The summed E-state index contributed by atoms with van der Waals surface area (Å²) in [5.41, 5.74) is 4.55. The normalized spacial score (nSPS) is 14.9. The van der Waals surface area contributed by atoms with Crippen molar-refractivity contribution < 1.29 is 9.53 Å². The van der Waals surface area contributed by atoms with E-state index in [-0.39, 0.29) is 0 Å². The van der Waals surface area contributed by atoms with Crippen LogP contribution in [0.2, 0.25) is 0 Å². The van der Waals surface area contributed by atoms with Crippen LogP contribution in [0.5, 0.6) is 0 Å². The Morgan fingerprint density at radius 3 is 2.79 bits per heavy atom. The summed E-state index contributed by atoms with van der Waals surface area (Å²) >= 11 is 0. The van der Waals surface area contributed by atoms with E-state index in [4.69, 9.17) is 4.74 Å². The van der Waals surface area contributed by atoms with Gasteiger partial charge in [-0.25, -0.2) is 4.79 Å². The van der Waals surface area contributed by atoms with Crippen LogP contribution in [0.1, 0.15) is 20.8 Å². The summed E-state index contributed by atoms with van der Waals surface area (Å²) in [4.78, 5) is 11.2. The molecule has 2 N–H and O–H groups in total. The van der Waals surface area contributed by atoms with Crippen LogP contribution >= 0.6 is 0 Å². The van der Waals surface area contributed by atoms with Gasteiger partial charge in [-0.2, -0.15) is 5.43 Å². The number of hydrogen-bond acceptors (Lipinski definition) is 5. The van der Waals surface area contributed by atoms with Gasteiger partial charge in [0.15, 0.2) is 0 Å². The maximum absolute atomic E-state index is 11.2. The molecule has 6 heteroatoms. The molecule has 0 aromatic carbocycles. The molecule has 14 heavy (non-hydrogen) atoms. The van der Waals surface area contributed by atoms with Gasteiger partial charge >= 0.3 is 6.09 Å². The molecule has 0 radical (unpaired) electrons. The number of hydrazone groups is 1. The van der Waals surface area contributed by atoms with Crippen LogP contribution in [0.25, 0.3) is 0 Å². The van der Waals surface area contributed by atoms with Crippen molar-refractivity contribution >= 4 is 12.3 Å². The van der Waals surface area contributed by atoms with Gasteiger partial charge in [-0.3, -0.25) is 5.43 Å².